The van der Waals surface area contributed by atoms with Gasteiger partial charge in [0, 0.05) is 19.6 Å². The molecular weight excluding hydrogens is 376 g/mol. The van der Waals surface area contributed by atoms with Crippen molar-refractivity contribution in [2.75, 3.05) is 19.6 Å². The van der Waals surface area contributed by atoms with Crippen molar-refractivity contribution in [3.05, 3.63) is 52.3 Å². The van der Waals surface area contributed by atoms with Crippen LogP contribution in [0.25, 0.3) is 0 Å². The molecule has 0 bridgehead atoms. The van der Waals surface area contributed by atoms with Crippen molar-refractivity contribution in [2.24, 2.45) is 0 Å². The quantitative estimate of drug-likeness (QED) is 0.801. The van der Waals surface area contributed by atoms with Gasteiger partial charge in [-0.3, -0.25) is 4.79 Å². The first kappa shape index (κ1) is 20.6. The van der Waals surface area contributed by atoms with Gasteiger partial charge in [-0.1, -0.05) is 24.1 Å². The summed E-state index contributed by atoms with van der Waals surface area (Å²) in [5, 5.41) is 2.66. The molecule has 0 saturated carbocycles. The number of aryl methyl sites for hydroxylation is 3. The second-order valence-corrected chi connectivity index (χ2v) is 9.34. The zero-order chi connectivity index (χ0) is 20.3. The van der Waals surface area contributed by atoms with E-state index in [2.05, 4.69) is 38.2 Å². The van der Waals surface area contributed by atoms with E-state index < -0.39 is 15.9 Å². The van der Waals surface area contributed by atoms with Crippen LogP contribution >= 0.6 is 0 Å². The van der Waals surface area contributed by atoms with Crippen LogP contribution in [0.15, 0.2) is 33.8 Å². The van der Waals surface area contributed by atoms with Crippen LogP contribution in [0.1, 0.15) is 52.1 Å². The Bertz CT molecular complexity index is 934. The molecule has 1 amide bonds. The smallest absolute Gasteiger partial charge is 0.287 e. The first-order valence-electron chi connectivity index (χ1n) is 9.74. The van der Waals surface area contributed by atoms with E-state index in [1.165, 1.54) is 38.7 Å². The molecule has 6 nitrogen and oxygen atoms in total. The lowest BCUT2D eigenvalue weighted by molar-refractivity contribution is 0.0921. The summed E-state index contributed by atoms with van der Waals surface area (Å²) >= 11 is 0. The van der Waals surface area contributed by atoms with E-state index in [1.807, 2.05) is 0 Å². The Morgan fingerprint density at radius 1 is 1.07 bits per heavy atom. The molecule has 28 heavy (non-hydrogen) atoms. The molecule has 1 aromatic carbocycles. The zero-order valence-electron chi connectivity index (χ0n) is 16.7. The number of amides is 1. The predicted octanol–water partition coefficient (Wildman–Crippen LogP) is 3.35. The van der Waals surface area contributed by atoms with Gasteiger partial charge in [0.25, 0.3) is 15.9 Å². The second kappa shape index (κ2) is 8.49. The topological polar surface area (TPSA) is 79.6 Å². The summed E-state index contributed by atoms with van der Waals surface area (Å²) in [6.07, 6.45) is 3.46. The Balaban J connectivity index is 1.62. The monoisotopic (exact) mass is 404 g/mol. The second-order valence-electron chi connectivity index (χ2n) is 7.47. The molecule has 3 rings (SSSR count). The highest BCUT2D eigenvalue weighted by Gasteiger charge is 2.29. The minimum absolute atomic E-state index is 0.0212. The third-order valence-corrected chi connectivity index (χ3v) is 6.99. The lowest BCUT2D eigenvalue weighted by Gasteiger charge is -2.24. The number of nitrogens with zero attached hydrogens (tertiary/aromatic N) is 1. The maximum Gasteiger partial charge on any atom is 0.287 e. The molecule has 1 aliphatic rings. The van der Waals surface area contributed by atoms with Crippen LogP contribution in [-0.2, 0) is 16.4 Å². The number of benzene rings is 1. The van der Waals surface area contributed by atoms with Crippen molar-refractivity contribution in [3.63, 3.8) is 0 Å². The Morgan fingerprint density at radius 2 is 1.71 bits per heavy atom. The average Bonchev–Trinajstić information content (AvgIpc) is 3.15. The molecule has 1 aliphatic heterocycles. The molecule has 1 N–H and O–H groups in total. The highest BCUT2D eigenvalue weighted by atomic mass is 32.2. The maximum atomic E-state index is 12.6. The third-order valence-electron chi connectivity index (χ3n) is 5.22. The van der Waals surface area contributed by atoms with Gasteiger partial charge < -0.3 is 9.73 Å². The van der Waals surface area contributed by atoms with Crippen LogP contribution in [0.3, 0.4) is 0 Å². The number of sulfonamides is 1. The standard InChI is InChI=1S/C21H28N2O4S/c1-15-13-16(2)18(17(3)14-15)9-10-22-21(24)19-7-8-20(27-19)28(25,26)23-11-5-4-6-12-23/h7-8,13-14H,4-6,9-12H2,1-3H3,(H,22,24). The number of furan rings is 1. The average molecular weight is 405 g/mol. The van der Waals surface area contributed by atoms with Gasteiger partial charge in [0.15, 0.2) is 5.76 Å². The van der Waals surface area contributed by atoms with Crippen molar-refractivity contribution in [1.29, 1.82) is 0 Å². The van der Waals surface area contributed by atoms with E-state index in [1.54, 1.807) is 0 Å². The molecule has 2 aromatic rings. The molecule has 1 aromatic heterocycles. The van der Waals surface area contributed by atoms with Gasteiger partial charge in [-0.15, -0.1) is 0 Å². The number of hydrogen-bond donors (Lipinski definition) is 1. The van der Waals surface area contributed by atoms with Crippen LogP contribution in [0.4, 0.5) is 0 Å². The van der Waals surface area contributed by atoms with E-state index in [0.717, 1.165) is 19.3 Å². The molecule has 0 unspecified atom stereocenters. The molecule has 0 spiro atoms. The zero-order valence-corrected chi connectivity index (χ0v) is 17.6. The normalized spacial score (nSPS) is 15.5. The number of nitrogens with one attached hydrogen (secondary N) is 1. The van der Waals surface area contributed by atoms with E-state index >= 15 is 0 Å². The van der Waals surface area contributed by atoms with Crippen molar-refractivity contribution in [2.45, 2.75) is 51.5 Å². The van der Waals surface area contributed by atoms with Crippen molar-refractivity contribution < 1.29 is 17.6 Å². The molecule has 7 heteroatoms. The predicted molar refractivity (Wildman–Crippen MR) is 108 cm³/mol. The molecule has 1 saturated heterocycles. The summed E-state index contributed by atoms with van der Waals surface area (Å²) in [5.41, 5.74) is 4.86. The van der Waals surface area contributed by atoms with E-state index in [-0.39, 0.29) is 10.9 Å². The lowest BCUT2D eigenvalue weighted by Crippen LogP contribution is -2.35. The fourth-order valence-electron chi connectivity index (χ4n) is 3.81. The summed E-state index contributed by atoms with van der Waals surface area (Å²) < 4.78 is 32.1. The fourth-order valence-corrected chi connectivity index (χ4v) is 5.23. The van der Waals surface area contributed by atoms with Gasteiger partial charge in [0.2, 0.25) is 5.09 Å². The van der Waals surface area contributed by atoms with Gasteiger partial charge in [-0.25, -0.2) is 8.42 Å². The van der Waals surface area contributed by atoms with Gasteiger partial charge in [0.05, 0.1) is 0 Å². The molecule has 0 atom stereocenters. The number of carbonyl (C=O) groups is 1. The molecule has 1 fully saturated rings. The molecular formula is C21H28N2O4S. The molecule has 0 aliphatic carbocycles. The number of carbonyl (C=O) groups excluding carboxylic acids is 1. The van der Waals surface area contributed by atoms with Crippen molar-refractivity contribution >= 4 is 15.9 Å². The summed E-state index contributed by atoms with van der Waals surface area (Å²) in [7, 11) is -3.67. The fraction of sp³-hybridized carbons (Fsp3) is 0.476. The van der Waals surface area contributed by atoms with Crippen molar-refractivity contribution in [3.8, 4) is 0 Å². The van der Waals surface area contributed by atoms with Crippen LogP contribution < -0.4 is 5.32 Å². The summed E-state index contributed by atoms with van der Waals surface area (Å²) in [5.74, 6) is -0.379. The van der Waals surface area contributed by atoms with Gasteiger partial charge in [0.1, 0.15) is 0 Å². The highest BCUT2D eigenvalue weighted by molar-refractivity contribution is 7.89. The van der Waals surface area contributed by atoms with Crippen LogP contribution in [0.2, 0.25) is 0 Å². The Kier molecular flexibility index (Phi) is 6.25. The third kappa shape index (κ3) is 4.47. The van der Waals surface area contributed by atoms with E-state index in [0.29, 0.717) is 26.1 Å². The van der Waals surface area contributed by atoms with Gasteiger partial charge >= 0.3 is 0 Å². The van der Waals surface area contributed by atoms with Crippen molar-refractivity contribution in [1.82, 2.24) is 9.62 Å². The Labute approximate surface area is 167 Å². The summed E-state index contributed by atoms with van der Waals surface area (Å²) in [6.45, 7) is 7.67. The SMILES string of the molecule is Cc1cc(C)c(CCNC(=O)c2ccc(S(=O)(=O)N3CCCCC3)o2)c(C)c1. The van der Waals surface area contributed by atoms with Crippen LogP contribution in [0, 0.1) is 20.8 Å². The molecule has 2 heterocycles. The van der Waals surface area contributed by atoms with Gasteiger partial charge in [-0.05, 0) is 68.9 Å². The minimum atomic E-state index is -3.67. The van der Waals surface area contributed by atoms with E-state index in [4.69, 9.17) is 4.42 Å². The lowest BCUT2D eigenvalue weighted by atomic mass is 9.97. The highest BCUT2D eigenvalue weighted by Crippen LogP contribution is 2.22. The largest absolute Gasteiger partial charge is 0.438 e. The van der Waals surface area contributed by atoms with Gasteiger partial charge in [-0.2, -0.15) is 4.31 Å². The van der Waals surface area contributed by atoms with E-state index in [9.17, 15) is 13.2 Å². The first-order valence-corrected chi connectivity index (χ1v) is 11.2. The summed E-state index contributed by atoms with van der Waals surface area (Å²) in [4.78, 5) is 12.4. The molecule has 0 radical (unpaired) electrons. The number of rotatable bonds is 6. The first-order chi connectivity index (χ1) is 13.3. The Hall–Kier alpha value is -2.12. The number of piperidine rings is 1. The van der Waals surface area contributed by atoms with Crippen LogP contribution in [0.5, 0.6) is 0 Å². The maximum absolute atomic E-state index is 12.6. The molecule has 152 valence electrons. The number of hydrogen-bond acceptors (Lipinski definition) is 4. The van der Waals surface area contributed by atoms with Crippen LogP contribution in [-0.4, -0.2) is 38.3 Å². The minimum Gasteiger partial charge on any atom is -0.438 e. The Morgan fingerprint density at radius 3 is 2.36 bits per heavy atom. The summed E-state index contributed by atoms with van der Waals surface area (Å²) in [6, 6.07) is 7.06.